The third-order valence-electron chi connectivity index (χ3n) is 3.27. The van der Waals surface area contributed by atoms with Crippen molar-refractivity contribution in [3.05, 3.63) is 65.2 Å². The molecule has 0 amide bonds. The number of rotatable bonds is 4. The minimum absolute atomic E-state index is 0.0220. The lowest BCUT2D eigenvalue weighted by Gasteiger charge is -2.28. The first-order chi connectivity index (χ1) is 9.80. The third-order valence-corrected chi connectivity index (χ3v) is 3.27. The van der Waals surface area contributed by atoms with E-state index in [0.29, 0.717) is 16.9 Å². The molecule has 0 spiro atoms. The van der Waals surface area contributed by atoms with Gasteiger partial charge in [0.25, 0.3) is 0 Å². The van der Waals surface area contributed by atoms with Crippen LogP contribution in [0.1, 0.15) is 31.9 Å². The molecular formula is C17H19F2NO. The standard InChI is InChI=1S/C17H19F2NO/c1-11(2)21-16-7-5-4-6-15(16)17(3,20)12-8-13(18)10-14(19)9-12/h4-11H,20H2,1-3H3. The van der Waals surface area contributed by atoms with Crippen molar-refractivity contribution in [2.45, 2.75) is 32.4 Å². The monoisotopic (exact) mass is 291 g/mol. The van der Waals surface area contributed by atoms with Gasteiger partial charge in [0.05, 0.1) is 11.6 Å². The van der Waals surface area contributed by atoms with E-state index in [9.17, 15) is 8.78 Å². The van der Waals surface area contributed by atoms with E-state index in [-0.39, 0.29) is 6.10 Å². The molecule has 2 aromatic carbocycles. The topological polar surface area (TPSA) is 35.2 Å². The van der Waals surface area contributed by atoms with E-state index in [1.807, 2.05) is 26.0 Å². The molecule has 112 valence electrons. The molecule has 21 heavy (non-hydrogen) atoms. The number of benzene rings is 2. The van der Waals surface area contributed by atoms with E-state index in [1.165, 1.54) is 12.1 Å². The fourth-order valence-electron chi connectivity index (χ4n) is 2.26. The molecule has 1 atom stereocenters. The highest BCUT2D eigenvalue weighted by molar-refractivity contribution is 5.45. The zero-order valence-electron chi connectivity index (χ0n) is 12.4. The molecule has 0 fully saturated rings. The van der Waals surface area contributed by atoms with Crippen molar-refractivity contribution in [1.29, 1.82) is 0 Å². The number of para-hydroxylation sites is 1. The highest BCUT2D eigenvalue weighted by Gasteiger charge is 2.28. The molecule has 0 heterocycles. The lowest BCUT2D eigenvalue weighted by Crippen LogP contribution is -2.35. The normalized spacial score (nSPS) is 14.0. The summed E-state index contributed by atoms with van der Waals surface area (Å²) in [6, 6.07) is 10.6. The third kappa shape index (κ3) is 3.39. The molecule has 0 aliphatic heterocycles. The van der Waals surface area contributed by atoms with Gasteiger partial charge in [-0.05, 0) is 44.5 Å². The van der Waals surface area contributed by atoms with Gasteiger partial charge in [0.1, 0.15) is 17.4 Å². The van der Waals surface area contributed by atoms with Crippen molar-refractivity contribution < 1.29 is 13.5 Å². The summed E-state index contributed by atoms with van der Waals surface area (Å²) >= 11 is 0. The van der Waals surface area contributed by atoms with E-state index in [1.54, 1.807) is 19.1 Å². The summed E-state index contributed by atoms with van der Waals surface area (Å²) in [5, 5.41) is 0. The molecule has 2 rings (SSSR count). The fourth-order valence-corrected chi connectivity index (χ4v) is 2.26. The number of hydrogen-bond donors (Lipinski definition) is 1. The van der Waals surface area contributed by atoms with Crippen LogP contribution in [-0.2, 0) is 5.54 Å². The van der Waals surface area contributed by atoms with Crippen LogP contribution in [0.15, 0.2) is 42.5 Å². The number of hydrogen-bond acceptors (Lipinski definition) is 2. The van der Waals surface area contributed by atoms with Gasteiger partial charge in [-0.3, -0.25) is 0 Å². The molecular weight excluding hydrogens is 272 g/mol. The number of halogens is 2. The van der Waals surface area contributed by atoms with Crippen LogP contribution in [0.4, 0.5) is 8.78 Å². The summed E-state index contributed by atoms with van der Waals surface area (Å²) in [4.78, 5) is 0. The van der Waals surface area contributed by atoms with Crippen LogP contribution in [0, 0.1) is 11.6 Å². The van der Waals surface area contributed by atoms with E-state index in [2.05, 4.69) is 0 Å². The zero-order valence-corrected chi connectivity index (χ0v) is 12.4. The Kier molecular flexibility index (Phi) is 4.28. The predicted octanol–water partition coefficient (Wildman–Crippen LogP) is 3.97. The minimum atomic E-state index is -1.06. The van der Waals surface area contributed by atoms with Crippen LogP contribution < -0.4 is 10.5 Å². The summed E-state index contributed by atoms with van der Waals surface area (Å²) in [7, 11) is 0. The van der Waals surface area contributed by atoms with Crippen molar-refractivity contribution in [2.75, 3.05) is 0 Å². The Morgan fingerprint density at radius 2 is 1.62 bits per heavy atom. The van der Waals surface area contributed by atoms with Gasteiger partial charge in [0.2, 0.25) is 0 Å². The van der Waals surface area contributed by atoms with Crippen LogP contribution in [-0.4, -0.2) is 6.10 Å². The highest BCUT2D eigenvalue weighted by atomic mass is 19.1. The molecule has 0 bridgehead atoms. The van der Waals surface area contributed by atoms with Gasteiger partial charge in [-0.2, -0.15) is 0 Å². The first kappa shape index (κ1) is 15.4. The van der Waals surface area contributed by atoms with Gasteiger partial charge in [0, 0.05) is 11.6 Å². The van der Waals surface area contributed by atoms with E-state index in [0.717, 1.165) is 6.07 Å². The lowest BCUT2D eigenvalue weighted by molar-refractivity contribution is 0.237. The summed E-state index contributed by atoms with van der Waals surface area (Å²) in [6.45, 7) is 5.53. The maximum Gasteiger partial charge on any atom is 0.126 e. The molecule has 2 N–H and O–H groups in total. The van der Waals surface area contributed by atoms with E-state index >= 15 is 0 Å². The Bertz CT molecular complexity index is 618. The first-order valence-corrected chi connectivity index (χ1v) is 6.82. The molecule has 0 aliphatic carbocycles. The second-order valence-corrected chi connectivity index (χ2v) is 5.52. The van der Waals surface area contributed by atoms with Gasteiger partial charge in [-0.25, -0.2) is 8.78 Å². The quantitative estimate of drug-likeness (QED) is 0.925. The summed E-state index contributed by atoms with van der Waals surface area (Å²) in [5.74, 6) is -0.685. The number of nitrogens with two attached hydrogens (primary N) is 1. The molecule has 0 aromatic heterocycles. The Morgan fingerprint density at radius 1 is 1.05 bits per heavy atom. The summed E-state index contributed by atoms with van der Waals surface area (Å²) in [5.41, 5.74) is 6.34. The van der Waals surface area contributed by atoms with E-state index < -0.39 is 17.2 Å². The Labute approximate surface area is 123 Å². The molecule has 0 saturated heterocycles. The van der Waals surface area contributed by atoms with Gasteiger partial charge in [0.15, 0.2) is 0 Å². The molecule has 0 aliphatic rings. The Morgan fingerprint density at radius 3 is 2.19 bits per heavy atom. The van der Waals surface area contributed by atoms with Crippen molar-refractivity contribution in [3.8, 4) is 5.75 Å². The van der Waals surface area contributed by atoms with E-state index in [4.69, 9.17) is 10.5 Å². The molecule has 1 unspecified atom stereocenters. The smallest absolute Gasteiger partial charge is 0.126 e. The van der Waals surface area contributed by atoms with Crippen LogP contribution in [0.2, 0.25) is 0 Å². The predicted molar refractivity (Wildman–Crippen MR) is 79.2 cm³/mol. The second kappa shape index (κ2) is 5.82. The van der Waals surface area contributed by atoms with Gasteiger partial charge < -0.3 is 10.5 Å². The van der Waals surface area contributed by atoms with Gasteiger partial charge in [-0.15, -0.1) is 0 Å². The SMILES string of the molecule is CC(C)Oc1ccccc1C(C)(N)c1cc(F)cc(F)c1. The largest absolute Gasteiger partial charge is 0.491 e. The van der Waals surface area contributed by atoms with Crippen molar-refractivity contribution in [2.24, 2.45) is 5.73 Å². The van der Waals surface area contributed by atoms with Crippen LogP contribution in [0.5, 0.6) is 5.75 Å². The van der Waals surface area contributed by atoms with Crippen LogP contribution >= 0.6 is 0 Å². The van der Waals surface area contributed by atoms with Crippen molar-refractivity contribution in [3.63, 3.8) is 0 Å². The summed E-state index contributed by atoms with van der Waals surface area (Å²) < 4.78 is 32.7. The summed E-state index contributed by atoms with van der Waals surface area (Å²) in [6.07, 6.45) is -0.0220. The van der Waals surface area contributed by atoms with Gasteiger partial charge in [-0.1, -0.05) is 18.2 Å². The zero-order chi connectivity index (χ0) is 15.6. The first-order valence-electron chi connectivity index (χ1n) is 6.82. The maximum atomic E-state index is 13.5. The molecule has 4 heteroatoms. The maximum absolute atomic E-state index is 13.5. The molecule has 2 nitrogen and oxygen atoms in total. The van der Waals surface area contributed by atoms with Crippen LogP contribution in [0.25, 0.3) is 0 Å². The van der Waals surface area contributed by atoms with Crippen molar-refractivity contribution in [1.82, 2.24) is 0 Å². The average molecular weight is 291 g/mol. The molecule has 2 aromatic rings. The minimum Gasteiger partial charge on any atom is -0.491 e. The van der Waals surface area contributed by atoms with Crippen LogP contribution in [0.3, 0.4) is 0 Å². The van der Waals surface area contributed by atoms with Crippen molar-refractivity contribution >= 4 is 0 Å². The second-order valence-electron chi connectivity index (χ2n) is 5.52. The molecule has 0 saturated carbocycles. The average Bonchev–Trinajstić information content (AvgIpc) is 2.37. The fraction of sp³-hybridized carbons (Fsp3) is 0.294. The Balaban J connectivity index is 2.52. The Hall–Kier alpha value is -1.94. The molecule has 0 radical (unpaired) electrons. The van der Waals surface area contributed by atoms with Gasteiger partial charge >= 0.3 is 0 Å². The highest BCUT2D eigenvalue weighted by Crippen LogP contribution is 2.34. The lowest BCUT2D eigenvalue weighted by atomic mass is 9.85. The number of ether oxygens (including phenoxy) is 1.